The Balaban J connectivity index is 2.28. The molecule has 1 aromatic carbocycles. The molecule has 0 fully saturated rings. The van der Waals surface area contributed by atoms with E-state index in [1.54, 1.807) is 14.2 Å². The summed E-state index contributed by atoms with van der Waals surface area (Å²) in [5.41, 5.74) is 1.93. The lowest BCUT2D eigenvalue weighted by molar-refractivity contribution is 0.0857. The Hall–Kier alpha value is -1.26. The zero-order chi connectivity index (χ0) is 14.7. The van der Waals surface area contributed by atoms with Crippen molar-refractivity contribution in [2.75, 3.05) is 27.3 Å². The minimum atomic E-state index is -0.518. The Morgan fingerprint density at radius 2 is 1.90 bits per heavy atom. The molecule has 1 aromatic rings. The first kappa shape index (κ1) is 15.1. The minimum absolute atomic E-state index is 0.518. The van der Waals surface area contributed by atoms with Crippen LogP contribution in [0.25, 0.3) is 0 Å². The number of hydrogen-bond donors (Lipinski definition) is 1. The topological polar surface area (TPSA) is 41.9 Å². The largest absolute Gasteiger partial charge is 0.496 e. The third-order valence-corrected chi connectivity index (χ3v) is 3.88. The number of β-amino-alcohol motifs (C(OH)–C–C–N with tert-alkyl or cyclic N) is 1. The SMILES string of the molecule is COc1ccc(OC)c2c1CN(CCC(C)C)C[C@H]2O. The highest BCUT2D eigenvalue weighted by Gasteiger charge is 2.29. The molecule has 4 nitrogen and oxygen atoms in total. The van der Waals surface area contributed by atoms with Gasteiger partial charge in [-0.3, -0.25) is 4.90 Å². The van der Waals surface area contributed by atoms with Crippen molar-refractivity contribution in [2.24, 2.45) is 5.92 Å². The number of nitrogens with zero attached hydrogens (tertiary/aromatic N) is 1. The second kappa shape index (κ2) is 6.46. The maximum Gasteiger partial charge on any atom is 0.125 e. The summed E-state index contributed by atoms with van der Waals surface area (Å²) in [5.74, 6) is 2.24. The Bertz CT molecular complexity index is 459. The maximum atomic E-state index is 10.5. The van der Waals surface area contributed by atoms with Crippen molar-refractivity contribution in [3.63, 3.8) is 0 Å². The van der Waals surface area contributed by atoms with E-state index in [0.29, 0.717) is 12.5 Å². The predicted octanol–water partition coefficient (Wildman–Crippen LogP) is 2.60. The third-order valence-electron chi connectivity index (χ3n) is 3.88. The second-order valence-electron chi connectivity index (χ2n) is 5.80. The van der Waals surface area contributed by atoms with E-state index >= 15 is 0 Å². The van der Waals surface area contributed by atoms with E-state index in [1.807, 2.05) is 12.1 Å². The van der Waals surface area contributed by atoms with Gasteiger partial charge in [0.25, 0.3) is 0 Å². The number of methoxy groups -OCH3 is 2. The van der Waals surface area contributed by atoms with Gasteiger partial charge in [0, 0.05) is 24.2 Å². The lowest BCUT2D eigenvalue weighted by atomic mass is 9.94. The number of hydrogen-bond acceptors (Lipinski definition) is 4. The molecule has 0 saturated carbocycles. The molecule has 1 aliphatic rings. The lowest BCUT2D eigenvalue weighted by Gasteiger charge is -2.34. The van der Waals surface area contributed by atoms with Crippen LogP contribution in [0.5, 0.6) is 11.5 Å². The van der Waals surface area contributed by atoms with Gasteiger partial charge in [0.1, 0.15) is 11.5 Å². The molecule has 0 unspecified atom stereocenters. The molecule has 0 bridgehead atoms. The highest BCUT2D eigenvalue weighted by Crippen LogP contribution is 2.39. The highest BCUT2D eigenvalue weighted by molar-refractivity contribution is 5.51. The summed E-state index contributed by atoms with van der Waals surface area (Å²) in [4.78, 5) is 2.29. The summed E-state index contributed by atoms with van der Waals surface area (Å²) in [6, 6.07) is 3.78. The number of aliphatic hydroxyl groups excluding tert-OH is 1. The van der Waals surface area contributed by atoms with Gasteiger partial charge in [0.15, 0.2) is 0 Å². The molecule has 112 valence electrons. The number of aliphatic hydroxyl groups is 1. The van der Waals surface area contributed by atoms with E-state index in [0.717, 1.165) is 42.1 Å². The average Bonchev–Trinajstić information content (AvgIpc) is 2.43. The third kappa shape index (κ3) is 3.07. The van der Waals surface area contributed by atoms with Crippen molar-refractivity contribution in [1.82, 2.24) is 4.90 Å². The molecule has 0 aliphatic carbocycles. The maximum absolute atomic E-state index is 10.5. The second-order valence-corrected chi connectivity index (χ2v) is 5.80. The van der Waals surface area contributed by atoms with Crippen LogP contribution in [0.1, 0.15) is 37.5 Å². The Kier molecular flexibility index (Phi) is 4.89. The number of benzene rings is 1. The van der Waals surface area contributed by atoms with Crippen LogP contribution in [-0.4, -0.2) is 37.3 Å². The van der Waals surface area contributed by atoms with Crippen LogP contribution >= 0.6 is 0 Å². The van der Waals surface area contributed by atoms with Crippen LogP contribution in [0.4, 0.5) is 0 Å². The van der Waals surface area contributed by atoms with Gasteiger partial charge in [0.05, 0.1) is 20.3 Å². The molecule has 0 spiro atoms. The van der Waals surface area contributed by atoms with Gasteiger partial charge in [-0.15, -0.1) is 0 Å². The molecular weight excluding hydrogens is 254 g/mol. The van der Waals surface area contributed by atoms with Crippen molar-refractivity contribution in [1.29, 1.82) is 0 Å². The van der Waals surface area contributed by atoms with Crippen molar-refractivity contribution >= 4 is 0 Å². The van der Waals surface area contributed by atoms with E-state index in [4.69, 9.17) is 9.47 Å². The molecule has 0 aromatic heterocycles. The summed E-state index contributed by atoms with van der Waals surface area (Å²) >= 11 is 0. The van der Waals surface area contributed by atoms with Crippen LogP contribution in [0.2, 0.25) is 0 Å². The van der Waals surface area contributed by atoms with Gasteiger partial charge in [-0.1, -0.05) is 13.8 Å². The molecule has 0 radical (unpaired) electrons. The van der Waals surface area contributed by atoms with E-state index < -0.39 is 6.10 Å². The van der Waals surface area contributed by atoms with Gasteiger partial charge in [0.2, 0.25) is 0 Å². The van der Waals surface area contributed by atoms with Crippen molar-refractivity contribution in [3.8, 4) is 11.5 Å². The predicted molar refractivity (Wildman–Crippen MR) is 79.2 cm³/mol. The number of ether oxygens (including phenoxy) is 2. The zero-order valence-electron chi connectivity index (χ0n) is 12.8. The fourth-order valence-corrected chi connectivity index (χ4v) is 2.76. The average molecular weight is 279 g/mol. The first-order valence-corrected chi connectivity index (χ1v) is 7.21. The Morgan fingerprint density at radius 3 is 2.50 bits per heavy atom. The molecule has 1 aliphatic heterocycles. The van der Waals surface area contributed by atoms with Crippen molar-refractivity contribution < 1.29 is 14.6 Å². The van der Waals surface area contributed by atoms with Gasteiger partial charge < -0.3 is 14.6 Å². The zero-order valence-corrected chi connectivity index (χ0v) is 12.8. The molecule has 4 heteroatoms. The minimum Gasteiger partial charge on any atom is -0.496 e. The summed E-state index contributed by atoms with van der Waals surface area (Å²) in [5, 5.41) is 10.5. The summed E-state index contributed by atoms with van der Waals surface area (Å²) < 4.78 is 10.8. The molecule has 0 amide bonds. The molecule has 2 rings (SSSR count). The van der Waals surface area contributed by atoms with Crippen molar-refractivity contribution in [3.05, 3.63) is 23.3 Å². The van der Waals surface area contributed by atoms with Gasteiger partial charge >= 0.3 is 0 Å². The summed E-state index contributed by atoms with van der Waals surface area (Å²) in [7, 11) is 3.31. The standard InChI is InChI=1S/C16H25NO3/c1-11(2)7-8-17-9-12-14(19-3)5-6-15(20-4)16(12)13(18)10-17/h5-6,11,13,18H,7-10H2,1-4H3/t13-/m1/s1. The highest BCUT2D eigenvalue weighted by atomic mass is 16.5. The van der Waals surface area contributed by atoms with Gasteiger partial charge in [-0.05, 0) is 31.0 Å². The Labute approximate surface area is 121 Å². The summed E-state index contributed by atoms with van der Waals surface area (Å²) in [6.45, 7) is 6.90. The van der Waals surface area contributed by atoms with E-state index in [2.05, 4.69) is 18.7 Å². The molecule has 1 heterocycles. The first-order chi connectivity index (χ1) is 9.56. The van der Waals surface area contributed by atoms with Gasteiger partial charge in [-0.25, -0.2) is 0 Å². The first-order valence-electron chi connectivity index (χ1n) is 7.21. The normalized spacial score (nSPS) is 19.0. The summed E-state index contributed by atoms with van der Waals surface area (Å²) in [6.07, 6.45) is 0.616. The van der Waals surface area contributed by atoms with Gasteiger partial charge in [-0.2, -0.15) is 0 Å². The quantitative estimate of drug-likeness (QED) is 0.899. The van der Waals surface area contributed by atoms with E-state index in [9.17, 15) is 5.11 Å². The van der Waals surface area contributed by atoms with Crippen LogP contribution in [0, 0.1) is 5.92 Å². The molecule has 0 saturated heterocycles. The van der Waals surface area contributed by atoms with Crippen LogP contribution in [0.15, 0.2) is 12.1 Å². The lowest BCUT2D eigenvalue weighted by Crippen LogP contribution is -2.35. The molecular formula is C16H25NO3. The Morgan fingerprint density at radius 1 is 1.25 bits per heavy atom. The van der Waals surface area contributed by atoms with Crippen LogP contribution in [0.3, 0.4) is 0 Å². The van der Waals surface area contributed by atoms with Crippen molar-refractivity contribution in [2.45, 2.75) is 32.9 Å². The van der Waals surface area contributed by atoms with Crippen LogP contribution in [-0.2, 0) is 6.54 Å². The fourth-order valence-electron chi connectivity index (χ4n) is 2.76. The number of rotatable bonds is 5. The van der Waals surface area contributed by atoms with E-state index in [1.165, 1.54) is 0 Å². The molecule has 20 heavy (non-hydrogen) atoms. The number of fused-ring (bicyclic) bond motifs is 1. The monoisotopic (exact) mass is 279 g/mol. The molecule has 1 atom stereocenters. The smallest absolute Gasteiger partial charge is 0.125 e. The fraction of sp³-hybridized carbons (Fsp3) is 0.625. The molecule has 1 N–H and O–H groups in total. The van der Waals surface area contributed by atoms with Crippen LogP contribution < -0.4 is 9.47 Å². The van der Waals surface area contributed by atoms with E-state index in [-0.39, 0.29) is 0 Å².